The van der Waals surface area contributed by atoms with E-state index >= 15 is 0 Å². The maximum atomic E-state index is 3.56. The van der Waals surface area contributed by atoms with Gasteiger partial charge in [-0.2, -0.15) is 0 Å². The minimum atomic E-state index is 0.856. The highest BCUT2D eigenvalue weighted by atomic mass is 79.9. The van der Waals surface area contributed by atoms with Gasteiger partial charge in [-0.3, -0.25) is 0 Å². The number of rotatable bonds is 3. The Labute approximate surface area is 111 Å². The van der Waals surface area contributed by atoms with E-state index in [1.807, 2.05) is 0 Å². The predicted octanol–water partition coefficient (Wildman–Crippen LogP) is 4.68. The molecule has 1 nitrogen and oxygen atoms in total. The Morgan fingerprint density at radius 2 is 1.82 bits per heavy atom. The number of aryl methyl sites for hydroxylation is 2. The SMILES string of the molecule is Cc1ccc(Br)c(NCc2ccccc2C)c1. The van der Waals surface area contributed by atoms with Crippen LogP contribution in [-0.4, -0.2) is 0 Å². The Balaban J connectivity index is 2.12. The lowest BCUT2D eigenvalue weighted by Crippen LogP contribution is -2.01. The van der Waals surface area contributed by atoms with Crippen LogP contribution in [-0.2, 0) is 6.54 Å². The lowest BCUT2D eigenvalue weighted by Gasteiger charge is -2.11. The highest BCUT2D eigenvalue weighted by molar-refractivity contribution is 9.10. The molecule has 88 valence electrons. The molecule has 2 rings (SSSR count). The lowest BCUT2D eigenvalue weighted by atomic mass is 10.1. The molecule has 0 aliphatic heterocycles. The summed E-state index contributed by atoms with van der Waals surface area (Å²) in [6.45, 7) is 5.10. The topological polar surface area (TPSA) is 12.0 Å². The molecule has 2 aromatic carbocycles. The summed E-state index contributed by atoms with van der Waals surface area (Å²) in [5.41, 5.74) is 5.07. The molecule has 0 atom stereocenters. The van der Waals surface area contributed by atoms with Crippen LogP contribution in [0.15, 0.2) is 46.9 Å². The molecular formula is C15H16BrN. The summed E-state index contributed by atoms with van der Waals surface area (Å²) < 4.78 is 1.11. The normalized spacial score (nSPS) is 10.3. The largest absolute Gasteiger partial charge is 0.380 e. The average Bonchev–Trinajstić information content (AvgIpc) is 2.32. The van der Waals surface area contributed by atoms with E-state index < -0.39 is 0 Å². The van der Waals surface area contributed by atoms with Crippen LogP contribution in [0.3, 0.4) is 0 Å². The fourth-order valence-corrected chi connectivity index (χ4v) is 2.16. The maximum absolute atomic E-state index is 3.56. The van der Waals surface area contributed by atoms with Crippen LogP contribution in [0, 0.1) is 13.8 Å². The lowest BCUT2D eigenvalue weighted by molar-refractivity contribution is 1.11. The molecule has 0 spiro atoms. The minimum Gasteiger partial charge on any atom is -0.380 e. The third-order valence-corrected chi connectivity index (χ3v) is 3.54. The van der Waals surface area contributed by atoms with Gasteiger partial charge >= 0.3 is 0 Å². The monoisotopic (exact) mass is 289 g/mol. The van der Waals surface area contributed by atoms with E-state index in [0.717, 1.165) is 16.7 Å². The van der Waals surface area contributed by atoms with E-state index in [1.165, 1.54) is 16.7 Å². The van der Waals surface area contributed by atoms with Gasteiger partial charge in [-0.25, -0.2) is 0 Å². The molecule has 0 bridgehead atoms. The smallest absolute Gasteiger partial charge is 0.0489 e. The zero-order chi connectivity index (χ0) is 12.3. The summed E-state index contributed by atoms with van der Waals surface area (Å²) in [6, 6.07) is 14.8. The fraction of sp³-hybridized carbons (Fsp3) is 0.200. The van der Waals surface area contributed by atoms with E-state index in [9.17, 15) is 0 Å². The molecule has 0 aliphatic rings. The maximum Gasteiger partial charge on any atom is 0.0489 e. The molecule has 0 aromatic heterocycles. The second-order valence-electron chi connectivity index (χ2n) is 4.26. The third kappa shape index (κ3) is 3.10. The van der Waals surface area contributed by atoms with Gasteiger partial charge in [-0.05, 0) is 58.6 Å². The van der Waals surface area contributed by atoms with Gasteiger partial charge in [-0.15, -0.1) is 0 Å². The van der Waals surface area contributed by atoms with Crippen molar-refractivity contribution in [3.05, 3.63) is 63.6 Å². The van der Waals surface area contributed by atoms with Crippen LogP contribution in [0.2, 0.25) is 0 Å². The van der Waals surface area contributed by atoms with Crippen LogP contribution >= 0.6 is 15.9 Å². The van der Waals surface area contributed by atoms with Crippen molar-refractivity contribution in [3.8, 4) is 0 Å². The van der Waals surface area contributed by atoms with Gasteiger partial charge in [-0.1, -0.05) is 30.3 Å². The second-order valence-corrected chi connectivity index (χ2v) is 5.12. The molecule has 0 amide bonds. The first kappa shape index (κ1) is 12.2. The van der Waals surface area contributed by atoms with Gasteiger partial charge in [0.2, 0.25) is 0 Å². The molecule has 0 saturated carbocycles. The van der Waals surface area contributed by atoms with Gasteiger partial charge in [0.15, 0.2) is 0 Å². The van der Waals surface area contributed by atoms with Gasteiger partial charge in [0, 0.05) is 16.7 Å². The van der Waals surface area contributed by atoms with Gasteiger partial charge < -0.3 is 5.32 Å². The van der Waals surface area contributed by atoms with Crippen LogP contribution in [0.1, 0.15) is 16.7 Å². The van der Waals surface area contributed by atoms with Crippen LogP contribution in [0.25, 0.3) is 0 Å². The van der Waals surface area contributed by atoms with E-state index in [-0.39, 0.29) is 0 Å². The number of anilines is 1. The third-order valence-electron chi connectivity index (χ3n) is 2.85. The van der Waals surface area contributed by atoms with E-state index in [4.69, 9.17) is 0 Å². The predicted molar refractivity (Wildman–Crippen MR) is 77.4 cm³/mol. The van der Waals surface area contributed by atoms with Crippen LogP contribution in [0.5, 0.6) is 0 Å². The van der Waals surface area contributed by atoms with E-state index in [0.29, 0.717) is 0 Å². The molecule has 2 heteroatoms. The molecule has 0 heterocycles. The quantitative estimate of drug-likeness (QED) is 0.865. The Kier molecular flexibility index (Phi) is 3.85. The first-order valence-corrected chi connectivity index (χ1v) is 6.50. The molecule has 0 unspecified atom stereocenters. The van der Waals surface area contributed by atoms with Crippen molar-refractivity contribution in [1.82, 2.24) is 0 Å². The molecule has 0 fully saturated rings. The Morgan fingerprint density at radius 1 is 1.06 bits per heavy atom. The Hall–Kier alpha value is -1.28. The second kappa shape index (κ2) is 5.37. The summed E-state index contributed by atoms with van der Waals surface area (Å²) in [4.78, 5) is 0. The highest BCUT2D eigenvalue weighted by Crippen LogP contribution is 2.24. The molecule has 1 N–H and O–H groups in total. The summed E-state index contributed by atoms with van der Waals surface area (Å²) in [7, 11) is 0. The first-order valence-electron chi connectivity index (χ1n) is 5.71. The molecule has 0 radical (unpaired) electrons. The molecule has 17 heavy (non-hydrogen) atoms. The number of hydrogen-bond acceptors (Lipinski definition) is 1. The van der Waals surface area contributed by atoms with E-state index in [2.05, 4.69) is 77.6 Å². The zero-order valence-corrected chi connectivity index (χ0v) is 11.7. The number of hydrogen-bond donors (Lipinski definition) is 1. The molecule has 2 aromatic rings. The van der Waals surface area contributed by atoms with Crippen molar-refractivity contribution in [2.45, 2.75) is 20.4 Å². The van der Waals surface area contributed by atoms with E-state index in [1.54, 1.807) is 0 Å². The first-order chi connectivity index (χ1) is 8.16. The number of halogens is 1. The van der Waals surface area contributed by atoms with Crippen LogP contribution in [0.4, 0.5) is 5.69 Å². The van der Waals surface area contributed by atoms with Crippen molar-refractivity contribution in [1.29, 1.82) is 0 Å². The van der Waals surface area contributed by atoms with Gasteiger partial charge in [0.1, 0.15) is 0 Å². The summed E-state index contributed by atoms with van der Waals surface area (Å²) in [5, 5.41) is 3.46. The number of nitrogens with one attached hydrogen (secondary N) is 1. The molecular weight excluding hydrogens is 274 g/mol. The summed E-state index contributed by atoms with van der Waals surface area (Å²) in [6.07, 6.45) is 0. The minimum absolute atomic E-state index is 0.856. The van der Waals surface area contributed by atoms with Crippen molar-refractivity contribution in [2.24, 2.45) is 0 Å². The highest BCUT2D eigenvalue weighted by Gasteiger charge is 2.01. The Bertz CT molecular complexity index is 520. The summed E-state index contributed by atoms with van der Waals surface area (Å²) >= 11 is 3.56. The van der Waals surface area contributed by atoms with Crippen molar-refractivity contribution in [3.63, 3.8) is 0 Å². The fourth-order valence-electron chi connectivity index (χ4n) is 1.77. The van der Waals surface area contributed by atoms with Gasteiger partial charge in [0.05, 0.1) is 0 Å². The standard InChI is InChI=1S/C15H16BrN/c1-11-7-8-14(16)15(9-11)17-10-13-6-4-3-5-12(13)2/h3-9,17H,10H2,1-2H3. The van der Waals surface area contributed by atoms with Crippen molar-refractivity contribution >= 4 is 21.6 Å². The molecule has 0 saturated heterocycles. The number of benzene rings is 2. The summed E-state index contributed by atoms with van der Waals surface area (Å²) in [5.74, 6) is 0. The van der Waals surface area contributed by atoms with Crippen molar-refractivity contribution in [2.75, 3.05) is 5.32 Å². The van der Waals surface area contributed by atoms with Gasteiger partial charge in [0.25, 0.3) is 0 Å². The Morgan fingerprint density at radius 3 is 2.59 bits per heavy atom. The van der Waals surface area contributed by atoms with Crippen molar-refractivity contribution < 1.29 is 0 Å². The average molecular weight is 290 g/mol. The van der Waals surface area contributed by atoms with Crippen LogP contribution < -0.4 is 5.32 Å². The zero-order valence-electron chi connectivity index (χ0n) is 10.1. The molecule has 0 aliphatic carbocycles.